The molecule has 7 nitrogen and oxygen atoms in total. The van der Waals surface area contributed by atoms with Crippen LogP contribution >= 0.6 is 0 Å². The summed E-state index contributed by atoms with van der Waals surface area (Å²) in [5, 5.41) is 23.4. The molecular weight excluding hydrogens is 292 g/mol. The second-order valence-corrected chi connectivity index (χ2v) is 6.66. The van der Waals surface area contributed by atoms with E-state index in [0.29, 0.717) is 12.6 Å². The predicted molar refractivity (Wildman–Crippen MR) is 88.0 cm³/mol. The Morgan fingerprint density at radius 1 is 1.30 bits per heavy atom. The van der Waals surface area contributed by atoms with E-state index in [-0.39, 0.29) is 6.04 Å². The lowest BCUT2D eigenvalue weighted by atomic mass is 10.2. The van der Waals surface area contributed by atoms with Crippen LogP contribution in [-0.2, 0) is 6.54 Å². The fourth-order valence-corrected chi connectivity index (χ4v) is 3.16. The number of nitrogens with zero attached hydrogens (tertiary/aromatic N) is 6. The van der Waals surface area contributed by atoms with Crippen LogP contribution < -0.4 is 0 Å². The summed E-state index contributed by atoms with van der Waals surface area (Å²) in [5.41, 5.74) is 2.79. The quantitative estimate of drug-likeness (QED) is 0.904. The number of likely N-dealkylation sites (tertiary alicyclic amines) is 1. The van der Waals surface area contributed by atoms with Gasteiger partial charge in [0.15, 0.2) is 0 Å². The molecule has 3 rings (SSSR count). The third kappa shape index (κ3) is 3.16. The molecule has 0 aliphatic carbocycles. The Hall–Kier alpha value is -1.73. The predicted octanol–water partition coefficient (Wildman–Crippen LogP) is 1.49. The van der Waals surface area contributed by atoms with Crippen molar-refractivity contribution in [1.82, 2.24) is 29.7 Å². The molecule has 23 heavy (non-hydrogen) atoms. The molecule has 2 atom stereocenters. The van der Waals surface area contributed by atoms with Crippen molar-refractivity contribution >= 4 is 0 Å². The molecule has 1 aliphatic rings. The van der Waals surface area contributed by atoms with Crippen molar-refractivity contribution in [2.24, 2.45) is 0 Å². The van der Waals surface area contributed by atoms with Gasteiger partial charge < -0.3 is 5.11 Å². The first-order valence-corrected chi connectivity index (χ1v) is 8.38. The molecular formula is C16H26N6O. The van der Waals surface area contributed by atoms with E-state index in [4.69, 9.17) is 0 Å². The molecule has 0 bridgehead atoms. The smallest absolute Gasteiger partial charge is 0.116 e. The largest absolute Gasteiger partial charge is 0.390 e. The van der Waals surface area contributed by atoms with Gasteiger partial charge in [0.1, 0.15) is 5.69 Å². The Morgan fingerprint density at radius 2 is 2.09 bits per heavy atom. The van der Waals surface area contributed by atoms with Gasteiger partial charge >= 0.3 is 0 Å². The van der Waals surface area contributed by atoms with E-state index in [2.05, 4.69) is 41.1 Å². The summed E-state index contributed by atoms with van der Waals surface area (Å²) in [7, 11) is 0. The Morgan fingerprint density at radius 3 is 2.74 bits per heavy atom. The van der Waals surface area contributed by atoms with E-state index < -0.39 is 6.10 Å². The third-order valence-corrected chi connectivity index (χ3v) is 4.54. The van der Waals surface area contributed by atoms with E-state index in [1.165, 1.54) is 0 Å². The molecule has 1 N–H and O–H groups in total. The molecule has 1 saturated heterocycles. The van der Waals surface area contributed by atoms with E-state index in [1.807, 2.05) is 24.0 Å². The van der Waals surface area contributed by atoms with Crippen molar-refractivity contribution in [3.63, 3.8) is 0 Å². The molecule has 0 radical (unpaired) electrons. The molecule has 0 spiro atoms. The van der Waals surface area contributed by atoms with Gasteiger partial charge in [0.05, 0.1) is 24.0 Å². The van der Waals surface area contributed by atoms with Gasteiger partial charge in [-0.2, -0.15) is 5.10 Å². The zero-order chi connectivity index (χ0) is 16.6. The minimum Gasteiger partial charge on any atom is -0.390 e. The first-order chi connectivity index (χ1) is 11.0. The van der Waals surface area contributed by atoms with Gasteiger partial charge in [-0.15, -0.1) is 5.10 Å². The molecule has 7 heteroatoms. The van der Waals surface area contributed by atoms with Gasteiger partial charge in [-0.25, -0.2) is 4.68 Å². The first kappa shape index (κ1) is 16.1. The maximum absolute atomic E-state index is 10.3. The fourth-order valence-electron chi connectivity index (χ4n) is 3.16. The highest BCUT2D eigenvalue weighted by Crippen LogP contribution is 2.26. The van der Waals surface area contributed by atoms with Crippen molar-refractivity contribution in [3.8, 4) is 11.3 Å². The summed E-state index contributed by atoms with van der Waals surface area (Å²) in [5.74, 6) is 0. The molecule has 126 valence electrons. The molecule has 0 amide bonds. The van der Waals surface area contributed by atoms with Crippen molar-refractivity contribution in [2.75, 3.05) is 13.1 Å². The van der Waals surface area contributed by atoms with Crippen LogP contribution in [-0.4, -0.2) is 60.0 Å². The van der Waals surface area contributed by atoms with Crippen molar-refractivity contribution < 1.29 is 5.11 Å². The molecule has 1 aliphatic heterocycles. The highest BCUT2D eigenvalue weighted by atomic mass is 16.3. The number of aliphatic hydroxyl groups is 1. The zero-order valence-corrected chi connectivity index (χ0v) is 14.3. The lowest BCUT2D eigenvalue weighted by molar-refractivity contribution is 0.135. The number of β-amino-alcohol motifs (C(OH)–C–C–N with tert-alkyl or cyclic N) is 1. The van der Waals surface area contributed by atoms with Gasteiger partial charge in [-0.05, 0) is 27.2 Å². The monoisotopic (exact) mass is 318 g/mol. The van der Waals surface area contributed by atoms with E-state index in [0.717, 1.165) is 36.5 Å². The van der Waals surface area contributed by atoms with Crippen LogP contribution in [0.3, 0.4) is 0 Å². The topological polar surface area (TPSA) is 72.0 Å². The molecule has 2 aromatic heterocycles. The fraction of sp³-hybridized carbons (Fsp3) is 0.688. The van der Waals surface area contributed by atoms with Crippen molar-refractivity contribution in [1.29, 1.82) is 0 Å². The molecule has 3 heterocycles. The minimum absolute atomic E-state index is 0.0374. The second kappa shape index (κ2) is 6.41. The number of aryl methyl sites for hydroxylation is 2. The van der Waals surface area contributed by atoms with Crippen molar-refractivity contribution in [2.45, 2.75) is 58.8 Å². The van der Waals surface area contributed by atoms with Gasteiger partial charge in [0.2, 0.25) is 0 Å². The van der Waals surface area contributed by atoms with E-state index in [9.17, 15) is 5.11 Å². The molecule has 1 fully saturated rings. The normalized spacial score (nSPS) is 22.3. The lowest BCUT2D eigenvalue weighted by Gasteiger charge is -2.19. The van der Waals surface area contributed by atoms with Gasteiger partial charge in [0, 0.05) is 37.4 Å². The van der Waals surface area contributed by atoms with Gasteiger partial charge in [-0.1, -0.05) is 12.1 Å². The minimum atomic E-state index is -0.407. The summed E-state index contributed by atoms with van der Waals surface area (Å²) in [4.78, 5) is 2.27. The number of rotatable bonds is 5. The molecule has 0 unspecified atom stereocenters. The first-order valence-electron chi connectivity index (χ1n) is 8.38. The van der Waals surface area contributed by atoms with E-state index in [1.54, 1.807) is 4.68 Å². The highest BCUT2D eigenvalue weighted by molar-refractivity contribution is 5.59. The Balaban J connectivity index is 1.81. The standard InChI is InChI=1S/C16H26N6O/c1-5-6-21-7-13(12(4)18-21)14-8-22(19-17-14)15-9-20(11(2)3)10-16(15)23/h7-8,11,15-16,23H,5-6,9-10H2,1-4H3/t15-,16-/m1/s1. The van der Waals surface area contributed by atoms with Crippen LogP contribution in [0.2, 0.25) is 0 Å². The zero-order valence-electron chi connectivity index (χ0n) is 14.3. The summed E-state index contributed by atoms with van der Waals surface area (Å²) in [6, 6.07) is 0.386. The Labute approximate surface area is 136 Å². The third-order valence-electron chi connectivity index (χ3n) is 4.54. The summed E-state index contributed by atoms with van der Waals surface area (Å²) in [6.45, 7) is 10.8. The van der Waals surface area contributed by atoms with Crippen LogP contribution in [0.15, 0.2) is 12.4 Å². The number of hydrogen-bond donors (Lipinski definition) is 1. The van der Waals surface area contributed by atoms with Gasteiger partial charge in [-0.3, -0.25) is 9.58 Å². The Bertz CT molecular complexity index is 661. The summed E-state index contributed by atoms with van der Waals surface area (Å²) < 4.78 is 3.76. The lowest BCUT2D eigenvalue weighted by Crippen LogP contribution is -2.29. The molecule has 0 saturated carbocycles. The van der Waals surface area contributed by atoms with E-state index >= 15 is 0 Å². The Kier molecular flexibility index (Phi) is 4.50. The summed E-state index contributed by atoms with van der Waals surface area (Å²) in [6.07, 6.45) is 4.60. The number of hydrogen-bond acceptors (Lipinski definition) is 5. The number of aromatic nitrogens is 5. The molecule has 0 aromatic carbocycles. The highest BCUT2D eigenvalue weighted by Gasteiger charge is 2.34. The SMILES string of the molecule is CCCn1cc(-c2cn([C@@H]3CN(C(C)C)C[C@H]3O)nn2)c(C)n1. The van der Waals surface area contributed by atoms with Crippen molar-refractivity contribution in [3.05, 3.63) is 18.1 Å². The van der Waals surface area contributed by atoms with Crippen LogP contribution in [0, 0.1) is 6.92 Å². The van der Waals surface area contributed by atoms with Gasteiger partial charge in [0.25, 0.3) is 0 Å². The average molecular weight is 318 g/mol. The molecule has 2 aromatic rings. The number of aliphatic hydroxyl groups excluding tert-OH is 1. The van der Waals surface area contributed by atoms with Crippen LogP contribution in [0.1, 0.15) is 38.9 Å². The maximum atomic E-state index is 10.3. The van der Waals surface area contributed by atoms with Crippen LogP contribution in [0.5, 0.6) is 0 Å². The van der Waals surface area contributed by atoms with Crippen LogP contribution in [0.25, 0.3) is 11.3 Å². The summed E-state index contributed by atoms with van der Waals surface area (Å²) >= 11 is 0. The van der Waals surface area contributed by atoms with Crippen LogP contribution in [0.4, 0.5) is 0 Å². The average Bonchev–Trinajstić information content (AvgIpc) is 3.17. The second-order valence-electron chi connectivity index (χ2n) is 6.66. The maximum Gasteiger partial charge on any atom is 0.116 e.